The smallest absolute Gasteiger partial charge is 0.223 e. The Labute approximate surface area is 138 Å². The molecule has 0 radical (unpaired) electrons. The maximum atomic E-state index is 12.4. The second kappa shape index (κ2) is 7.51. The SMILES string of the molecule is CSCCC(=O)N1C[C@H]2CC[C@@H](C1)N(Cc1ccccc1)C2. The molecule has 0 aliphatic carbocycles. The molecule has 1 aromatic rings. The second-order valence-corrected chi connectivity index (χ2v) is 7.54. The lowest BCUT2D eigenvalue weighted by Gasteiger charge is -2.36. The van der Waals surface area contributed by atoms with Crippen molar-refractivity contribution in [2.24, 2.45) is 5.92 Å². The maximum Gasteiger partial charge on any atom is 0.223 e. The number of hydrogen-bond donors (Lipinski definition) is 0. The van der Waals surface area contributed by atoms with Gasteiger partial charge in [-0.3, -0.25) is 9.69 Å². The molecule has 3 nitrogen and oxygen atoms in total. The Morgan fingerprint density at radius 1 is 1.18 bits per heavy atom. The Kier molecular flexibility index (Phi) is 5.42. The predicted octanol–water partition coefficient (Wildman–Crippen LogP) is 2.86. The Hall–Kier alpha value is -1.00. The number of hydrogen-bond acceptors (Lipinski definition) is 3. The molecule has 22 heavy (non-hydrogen) atoms. The van der Waals surface area contributed by atoms with Crippen LogP contribution in [-0.2, 0) is 11.3 Å². The summed E-state index contributed by atoms with van der Waals surface area (Å²) in [5, 5.41) is 0. The van der Waals surface area contributed by atoms with Gasteiger partial charge in [-0.25, -0.2) is 0 Å². The number of fused-ring (bicyclic) bond motifs is 4. The summed E-state index contributed by atoms with van der Waals surface area (Å²) >= 11 is 1.76. The van der Waals surface area contributed by atoms with E-state index in [-0.39, 0.29) is 0 Å². The molecule has 4 rings (SSSR count). The van der Waals surface area contributed by atoms with E-state index >= 15 is 0 Å². The largest absolute Gasteiger partial charge is 0.341 e. The molecule has 3 heterocycles. The van der Waals surface area contributed by atoms with Crippen LogP contribution in [-0.4, -0.2) is 53.4 Å². The van der Waals surface area contributed by atoms with Crippen LogP contribution in [0.2, 0.25) is 0 Å². The summed E-state index contributed by atoms with van der Waals surface area (Å²) in [5.41, 5.74) is 1.38. The average Bonchev–Trinajstić information content (AvgIpc) is 2.85. The van der Waals surface area contributed by atoms with Crippen LogP contribution in [0, 0.1) is 5.92 Å². The second-order valence-electron chi connectivity index (χ2n) is 6.55. The standard InChI is InChI=1S/C18H26N2OS/c1-22-10-9-18(21)20-13-16-7-8-17(14-20)19(12-16)11-15-5-3-2-4-6-15/h2-6,16-17H,7-14H2,1H3/t16-,17-/m0/s1. The Morgan fingerprint density at radius 3 is 2.77 bits per heavy atom. The van der Waals surface area contributed by atoms with Gasteiger partial charge < -0.3 is 4.90 Å². The van der Waals surface area contributed by atoms with E-state index in [1.165, 1.54) is 18.4 Å². The number of rotatable bonds is 5. The minimum absolute atomic E-state index is 0.354. The van der Waals surface area contributed by atoms with E-state index in [1.807, 2.05) is 0 Å². The summed E-state index contributed by atoms with van der Waals surface area (Å²) in [7, 11) is 0. The minimum atomic E-state index is 0.354. The molecule has 3 aliphatic rings. The van der Waals surface area contributed by atoms with Crippen LogP contribution in [0.5, 0.6) is 0 Å². The Bertz CT molecular complexity index is 493. The van der Waals surface area contributed by atoms with Crippen LogP contribution in [0.4, 0.5) is 0 Å². The quantitative estimate of drug-likeness (QED) is 0.834. The van der Waals surface area contributed by atoms with Gasteiger partial charge in [0, 0.05) is 44.4 Å². The number of benzene rings is 1. The number of thioether (sulfide) groups is 1. The van der Waals surface area contributed by atoms with Crippen LogP contribution in [0.3, 0.4) is 0 Å². The van der Waals surface area contributed by atoms with Gasteiger partial charge in [0.15, 0.2) is 0 Å². The van der Waals surface area contributed by atoms with Crippen molar-refractivity contribution in [1.82, 2.24) is 9.80 Å². The molecule has 0 aromatic heterocycles. The van der Waals surface area contributed by atoms with Crippen molar-refractivity contribution in [3.63, 3.8) is 0 Å². The fourth-order valence-corrected chi connectivity index (χ4v) is 4.12. The van der Waals surface area contributed by atoms with E-state index < -0.39 is 0 Å². The predicted molar refractivity (Wildman–Crippen MR) is 92.9 cm³/mol. The summed E-state index contributed by atoms with van der Waals surface area (Å²) in [5.74, 6) is 1.95. The third-order valence-electron chi connectivity index (χ3n) is 4.93. The first-order chi connectivity index (χ1) is 10.8. The highest BCUT2D eigenvalue weighted by Gasteiger charge is 2.35. The van der Waals surface area contributed by atoms with Gasteiger partial charge in [-0.1, -0.05) is 30.3 Å². The number of nitrogens with zero attached hydrogens (tertiary/aromatic N) is 2. The topological polar surface area (TPSA) is 23.6 Å². The summed E-state index contributed by atoms with van der Waals surface area (Å²) in [6.07, 6.45) is 5.28. The summed E-state index contributed by atoms with van der Waals surface area (Å²) in [4.78, 5) is 17.1. The number of carbonyl (C=O) groups excluding carboxylic acids is 1. The van der Waals surface area contributed by atoms with E-state index in [9.17, 15) is 4.79 Å². The summed E-state index contributed by atoms with van der Waals surface area (Å²) < 4.78 is 0. The lowest BCUT2D eigenvalue weighted by molar-refractivity contribution is -0.131. The van der Waals surface area contributed by atoms with Crippen LogP contribution in [0.15, 0.2) is 30.3 Å². The fraction of sp³-hybridized carbons (Fsp3) is 0.611. The summed E-state index contributed by atoms with van der Waals surface area (Å²) in [6.45, 7) is 4.06. The number of carbonyl (C=O) groups is 1. The van der Waals surface area contributed by atoms with Crippen molar-refractivity contribution in [1.29, 1.82) is 0 Å². The molecule has 3 fully saturated rings. The first kappa shape index (κ1) is 15.9. The van der Waals surface area contributed by atoms with Crippen molar-refractivity contribution < 1.29 is 4.79 Å². The molecule has 3 saturated heterocycles. The zero-order valence-corrected chi connectivity index (χ0v) is 14.2. The van der Waals surface area contributed by atoms with Crippen LogP contribution in [0.1, 0.15) is 24.8 Å². The van der Waals surface area contributed by atoms with E-state index in [1.54, 1.807) is 11.8 Å². The molecule has 1 aromatic carbocycles. The zero-order chi connectivity index (χ0) is 15.4. The normalized spacial score (nSPS) is 25.2. The molecule has 0 saturated carbocycles. The molecule has 0 unspecified atom stereocenters. The highest BCUT2D eigenvalue weighted by molar-refractivity contribution is 7.98. The summed E-state index contributed by atoms with van der Waals surface area (Å²) in [6, 6.07) is 11.3. The van der Waals surface area contributed by atoms with Crippen molar-refractivity contribution in [3.05, 3.63) is 35.9 Å². The van der Waals surface area contributed by atoms with Gasteiger partial charge in [-0.2, -0.15) is 11.8 Å². The van der Waals surface area contributed by atoms with Gasteiger partial charge in [0.1, 0.15) is 0 Å². The third kappa shape index (κ3) is 3.85. The van der Waals surface area contributed by atoms with Gasteiger partial charge in [-0.15, -0.1) is 0 Å². The van der Waals surface area contributed by atoms with Gasteiger partial charge in [0.25, 0.3) is 0 Å². The number of piperidine rings is 1. The van der Waals surface area contributed by atoms with Gasteiger partial charge in [0.2, 0.25) is 5.91 Å². The molecule has 4 heteroatoms. The van der Waals surface area contributed by atoms with Crippen molar-refractivity contribution in [3.8, 4) is 0 Å². The molecule has 0 N–H and O–H groups in total. The lowest BCUT2D eigenvalue weighted by atomic mass is 9.94. The minimum Gasteiger partial charge on any atom is -0.341 e. The molecule has 120 valence electrons. The van der Waals surface area contributed by atoms with Crippen molar-refractivity contribution in [2.75, 3.05) is 31.6 Å². The average molecular weight is 318 g/mol. The zero-order valence-electron chi connectivity index (χ0n) is 13.4. The van der Waals surface area contributed by atoms with E-state index in [2.05, 4.69) is 46.4 Å². The number of amides is 1. The highest BCUT2D eigenvalue weighted by Crippen LogP contribution is 2.29. The van der Waals surface area contributed by atoms with E-state index in [0.29, 0.717) is 24.3 Å². The van der Waals surface area contributed by atoms with Crippen LogP contribution in [0.25, 0.3) is 0 Å². The molecular formula is C18H26N2OS. The van der Waals surface area contributed by atoms with Crippen molar-refractivity contribution in [2.45, 2.75) is 31.8 Å². The van der Waals surface area contributed by atoms with Gasteiger partial charge >= 0.3 is 0 Å². The first-order valence-corrected chi connectivity index (χ1v) is 9.70. The van der Waals surface area contributed by atoms with Crippen LogP contribution >= 0.6 is 11.8 Å². The Balaban J connectivity index is 1.64. The van der Waals surface area contributed by atoms with Crippen LogP contribution < -0.4 is 0 Å². The molecule has 3 aliphatic heterocycles. The molecule has 2 bridgehead atoms. The van der Waals surface area contributed by atoms with Gasteiger partial charge in [-0.05, 0) is 30.6 Å². The first-order valence-electron chi connectivity index (χ1n) is 8.31. The molecule has 2 atom stereocenters. The maximum absolute atomic E-state index is 12.4. The van der Waals surface area contributed by atoms with Gasteiger partial charge in [0.05, 0.1) is 0 Å². The monoisotopic (exact) mass is 318 g/mol. The van der Waals surface area contributed by atoms with Crippen molar-refractivity contribution >= 4 is 17.7 Å². The molecule has 0 spiro atoms. The van der Waals surface area contributed by atoms with E-state index in [4.69, 9.17) is 0 Å². The molecule has 1 amide bonds. The lowest BCUT2D eigenvalue weighted by Crippen LogP contribution is -2.43. The highest BCUT2D eigenvalue weighted by atomic mass is 32.2. The Morgan fingerprint density at radius 2 is 2.00 bits per heavy atom. The fourth-order valence-electron chi connectivity index (χ4n) is 3.74. The third-order valence-corrected chi connectivity index (χ3v) is 5.54. The molecular weight excluding hydrogens is 292 g/mol. The van der Waals surface area contributed by atoms with E-state index in [0.717, 1.165) is 31.9 Å².